The van der Waals surface area contributed by atoms with Crippen molar-refractivity contribution >= 4 is 44.9 Å². The molecule has 8 nitrogen and oxygen atoms in total. The molecule has 0 radical (unpaired) electrons. The number of hydrogen-bond acceptors (Lipinski definition) is 5. The number of aromatic nitrogens is 1. The average Bonchev–Trinajstić information content (AvgIpc) is 2.74. The van der Waals surface area contributed by atoms with Crippen LogP contribution in [0.4, 0.5) is 11.5 Å². The Morgan fingerprint density at radius 3 is 2.31 bits per heavy atom. The zero-order chi connectivity index (χ0) is 23.3. The normalized spacial score (nSPS) is 11.0. The van der Waals surface area contributed by atoms with E-state index in [0.717, 1.165) is 5.56 Å². The number of amides is 2. The Kier molecular flexibility index (Phi) is 7.12. The van der Waals surface area contributed by atoms with Gasteiger partial charge in [0, 0.05) is 29.5 Å². The van der Waals surface area contributed by atoms with Gasteiger partial charge in [0.1, 0.15) is 5.82 Å². The summed E-state index contributed by atoms with van der Waals surface area (Å²) < 4.78 is 27.5. The number of likely N-dealkylation sites (N-methyl/N-ethyl adjacent to an activating group) is 1. The third-order valence-corrected chi connectivity index (χ3v) is 6.07. The Labute approximate surface area is 191 Å². The molecule has 2 aromatic carbocycles. The number of carbonyl (C=O) groups excluding carboxylic acids is 2. The molecule has 0 saturated heterocycles. The summed E-state index contributed by atoms with van der Waals surface area (Å²) in [5.74, 6) is -0.420. The van der Waals surface area contributed by atoms with Gasteiger partial charge in [-0.15, -0.1) is 0 Å². The van der Waals surface area contributed by atoms with E-state index in [1.165, 1.54) is 36.2 Å². The highest BCUT2D eigenvalue weighted by atomic mass is 35.5. The van der Waals surface area contributed by atoms with Gasteiger partial charge in [-0.05, 0) is 73.2 Å². The Morgan fingerprint density at radius 1 is 1.03 bits per heavy atom. The standard InChI is InChI=1S/C22H21ClN4O4S/c1-15-11-12-24-20(13-15)25-21(28)14-27(2)22(29)16-3-9-19(10-4-16)32(30,31)26-18-7-5-17(23)6-8-18/h3-13,26H,14H2,1-2H3,(H,24,25,28). The van der Waals surface area contributed by atoms with E-state index in [2.05, 4.69) is 15.0 Å². The van der Waals surface area contributed by atoms with E-state index in [1.54, 1.807) is 42.6 Å². The fourth-order valence-corrected chi connectivity index (χ4v) is 3.99. The van der Waals surface area contributed by atoms with Gasteiger partial charge in [-0.3, -0.25) is 14.3 Å². The van der Waals surface area contributed by atoms with Gasteiger partial charge in [0.05, 0.1) is 11.4 Å². The molecule has 0 saturated carbocycles. The molecule has 166 valence electrons. The first-order valence-electron chi connectivity index (χ1n) is 9.50. The molecule has 10 heteroatoms. The molecule has 0 aliphatic heterocycles. The number of anilines is 2. The van der Waals surface area contributed by atoms with Gasteiger partial charge < -0.3 is 10.2 Å². The van der Waals surface area contributed by atoms with Crippen molar-refractivity contribution in [2.75, 3.05) is 23.6 Å². The second-order valence-corrected chi connectivity index (χ2v) is 9.18. The molecule has 2 amide bonds. The summed E-state index contributed by atoms with van der Waals surface area (Å²) in [6, 6.07) is 15.2. The summed E-state index contributed by atoms with van der Waals surface area (Å²) in [4.78, 5) is 30.1. The number of aryl methyl sites for hydroxylation is 1. The number of carbonyl (C=O) groups is 2. The summed E-state index contributed by atoms with van der Waals surface area (Å²) in [6.07, 6.45) is 1.58. The lowest BCUT2D eigenvalue weighted by molar-refractivity contribution is -0.116. The Hall–Kier alpha value is -3.43. The van der Waals surface area contributed by atoms with Crippen molar-refractivity contribution in [1.29, 1.82) is 0 Å². The van der Waals surface area contributed by atoms with E-state index in [-0.39, 0.29) is 17.0 Å². The topological polar surface area (TPSA) is 108 Å². The van der Waals surface area contributed by atoms with Crippen LogP contribution in [-0.2, 0) is 14.8 Å². The predicted octanol–water partition coefficient (Wildman–Crippen LogP) is 3.55. The van der Waals surface area contributed by atoms with Gasteiger partial charge in [0.25, 0.3) is 15.9 Å². The molecule has 1 aromatic heterocycles. The zero-order valence-electron chi connectivity index (χ0n) is 17.4. The van der Waals surface area contributed by atoms with E-state index in [4.69, 9.17) is 11.6 Å². The third-order valence-electron chi connectivity index (χ3n) is 4.42. The Bertz CT molecular complexity index is 1230. The van der Waals surface area contributed by atoms with Crippen molar-refractivity contribution in [2.45, 2.75) is 11.8 Å². The molecule has 32 heavy (non-hydrogen) atoms. The molecule has 0 atom stereocenters. The van der Waals surface area contributed by atoms with Crippen LogP contribution >= 0.6 is 11.6 Å². The fraction of sp³-hybridized carbons (Fsp3) is 0.136. The summed E-state index contributed by atoms with van der Waals surface area (Å²) in [5, 5.41) is 3.13. The van der Waals surface area contributed by atoms with Crippen molar-refractivity contribution in [2.24, 2.45) is 0 Å². The van der Waals surface area contributed by atoms with Crippen LogP contribution < -0.4 is 10.0 Å². The summed E-state index contributed by atoms with van der Waals surface area (Å²) in [7, 11) is -2.35. The summed E-state index contributed by atoms with van der Waals surface area (Å²) >= 11 is 5.81. The quantitative estimate of drug-likeness (QED) is 0.546. The second kappa shape index (κ2) is 9.80. The van der Waals surface area contributed by atoms with Crippen LogP contribution in [0.25, 0.3) is 0 Å². The lowest BCUT2D eigenvalue weighted by Crippen LogP contribution is -2.35. The molecule has 0 aliphatic rings. The first-order valence-corrected chi connectivity index (χ1v) is 11.4. The van der Waals surface area contributed by atoms with Gasteiger partial charge in [0.15, 0.2) is 0 Å². The molecule has 0 spiro atoms. The fourth-order valence-electron chi connectivity index (χ4n) is 2.80. The van der Waals surface area contributed by atoms with Crippen molar-refractivity contribution in [3.63, 3.8) is 0 Å². The lowest BCUT2D eigenvalue weighted by atomic mass is 10.2. The van der Waals surface area contributed by atoms with Gasteiger partial charge in [-0.2, -0.15) is 0 Å². The third kappa shape index (κ3) is 6.05. The number of rotatable bonds is 7. The summed E-state index contributed by atoms with van der Waals surface area (Å²) in [5.41, 5.74) is 1.56. The molecule has 1 heterocycles. The minimum absolute atomic E-state index is 0.00471. The van der Waals surface area contributed by atoms with Crippen LogP contribution in [0.5, 0.6) is 0 Å². The highest BCUT2D eigenvalue weighted by molar-refractivity contribution is 7.92. The summed E-state index contributed by atoms with van der Waals surface area (Å²) in [6.45, 7) is 1.69. The van der Waals surface area contributed by atoms with Gasteiger partial charge in [-0.25, -0.2) is 13.4 Å². The highest BCUT2D eigenvalue weighted by Gasteiger charge is 2.18. The average molecular weight is 473 g/mol. The van der Waals surface area contributed by atoms with E-state index in [9.17, 15) is 18.0 Å². The van der Waals surface area contributed by atoms with E-state index in [0.29, 0.717) is 16.5 Å². The first kappa shape index (κ1) is 23.2. The first-order chi connectivity index (χ1) is 15.1. The second-order valence-electron chi connectivity index (χ2n) is 7.06. The molecule has 0 unspecified atom stereocenters. The molecule has 3 aromatic rings. The van der Waals surface area contributed by atoms with E-state index in [1.807, 2.05) is 6.92 Å². The van der Waals surface area contributed by atoms with Gasteiger partial charge >= 0.3 is 0 Å². The highest BCUT2D eigenvalue weighted by Crippen LogP contribution is 2.19. The van der Waals surface area contributed by atoms with Crippen molar-refractivity contribution in [3.8, 4) is 0 Å². The minimum atomic E-state index is -3.84. The minimum Gasteiger partial charge on any atom is -0.332 e. The van der Waals surface area contributed by atoms with Crippen LogP contribution in [0.15, 0.2) is 71.8 Å². The molecule has 3 rings (SSSR count). The lowest BCUT2D eigenvalue weighted by Gasteiger charge is -2.17. The van der Waals surface area contributed by atoms with Crippen LogP contribution in [0.2, 0.25) is 5.02 Å². The molecule has 0 aliphatic carbocycles. The Morgan fingerprint density at radius 2 is 1.69 bits per heavy atom. The SMILES string of the molecule is Cc1ccnc(NC(=O)CN(C)C(=O)c2ccc(S(=O)(=O)Nc3ccc(Cl)cc3)cc2)c1. The van der Waals surface area contributed by atoms with Crippen LogP contribution in [0, 0.1) is 6.92 Å². The largest absolute Gasteiger partial charge is 0.332 e. The van der Waals surface area contributed by atoms with Crippen LogP contribution in [0.1, 0.15) is 15.9 Å². The molecular weight excluding hydrogens is 452 g/mol. The van der Waals surface area contributed by atoms with Gasteiger partial charge in [-0.1, -0.05) is 11.6 Å². The molecule has 0 fully saturated rings. The maximum absolute atomic E-state index is 12.6. The maximum atomic E-state index is 12.6. The number of sulfonamides is 1. The number of nitrogens with one attached hydrogen (secondary N) is 2. The van der Waals surface area contributed by atoms with Crippen molar-refractivity contribution in [3.05, 3.63) is 83.0 Å². The zero-order valence-corrected chi connectivity index (χ0v) is 18.9. The smallest absolute Gasteiger partial charge is 0.261 e. The predicted molar refractivity (Wildman–Crippen MR) is 123 cm³/mol. The molecule has 0 bridgehead atoms. The van der Waals surface area contributed by atoms with Gasteiger partial charge in [0.2, 0.25) is 5.91 Å². The van der Waals surface area contributed by atoms with Crippen molar-refractivity contribution in [1.82, 2.24) is 9.88 Å². The number of halogens is 1. The molecule has 2 N–H and O–H groups in total. The number of nitrogens with zero attached hydrogens (tertiary/aromatic N) is 2. The maximum Gasteiger partial charge on any atom is 0.261 e. The van der Waals surface area contributed by atoms with E-state index >= 15 is 0 Å². The van der Waals surface area contributed by atoms with Crippen LogP contribution in [-0.4, -0.2) is 43.7 Å². The number of hydrogen-bond donors (Lipinski definition) is 2. The Balaban J connectivity index is 1.63. The van der Waals surface area contributed by atoms with Crippen LogP contribution in [0.3, 0.4) is 0 Å². The monoisotopic (exact) mass is 472 g/mol. The van der Waals surface area contributed by atoms with Crippen molar-refractivity contribution < 1.29 is 18.0 Å². The molecular formula is C22H21ClN4O4S. The number of pyridine rings is 1. The number of benzene rings is 2. The van der Waals surface area contributed by atoms with E-state index < -0.39 is 21.8 Å².